The van der Waals surface area contributed by atoms with Gasteiger partial charge in [-0.05, 0) is 6.07 Å². The normalized spacial score (nSPS) is 10.9. The highest BCUT2D eigenvalue weighted by Gasteiger charge is 2.42. The highest BCUT2D eigenvalue weighted by Crippen LogP contribution is 2.39. The number of alkyl halides is 4. The van der Waals surface area contributed by atoms with Crippen molar-refractivity contribution < 1.29 is 22.9 Å². The highest BCUT2D eigenvalue weighted by molar-refractivity contribution is 9.09. The van der Waals surface area contributed by atoms with Crippen molar-refractivity contribution >= 4 is 27.4 Å². The Labute approximate surface area is 112 Å². The number of hydrogen-bond acceptors (Lipinski definition) is 4. The molecule has 0 atom stereocenters. The summed E-state index contributed by atoms with van der Waals surface area (Å²) in [6, 6.07) is 2.63. The van der Waals surface area contributed by atoms with E-state index in [-0.39, 0.29) is 5.33 Å². The van der Waals surface area contributed by atoms with Crippen LogP contribution in [0.5, 0.6) is 0 Å². The zero-order chi connectivity index (χ0) is 14.8. The van der Waals surface area contributed by atoms with Crippen LogP contribution in [0.4, 0.5) is 18.9 Å². The molecule has 0 bridgehead atoms. The molecular formula is C10H4BrF3N2O3. The van der Waals surface area contributed by atoms with Crippen molar-refractivity contribution in [1.29, 1.82) is 5.26 Å². The standard InChI is InChI=1S/C10H4BrF3N2O3/c11-3-8(17)5-1-2-7(16(18)19)9(6(5)4-15)10(12,13)14/h1-2H,3H2. The van der Waals surface area contributed by atoms with Gasteiger partial charge in [-0.25, -0.2) is 0 Å². The molecule has 0 N–H and O–H groups in total. The molecule has 0 amide bonds. The van der Waals surface area contributed by atoms with Gasteiger partial charge in [-0.1, -0.05) is 15.9 Å². The summed E-state index contributed by atoms with van der Waals surface area (Å²) in [5, 5.41) is 19.1. The lowest BCUT2D eigenvalue weighted by Crippen LogP contribution is -2.15. The number of carbonyl (C=O) groups excluding carboxylic acids is 1. The van der Waals surface area contributed by atoms with Crippen molar-refractivity contribution in [1.82, 2.24) is 0 Å². The molecule has 0 aliphatic rings. The van der Waals surface area contributed by atoms with Gasteiger partial charge >= 0.3 is 6.18 Å². The summed E-state index contributed by atoms with van der Waals surface area (Å²) >= 11 is 2.76. The molecule has 0 heterocycles. The van der Waals surface area contributed by atoms with E-state index in [1.165, 1.54) is 6.07 Å². The maximum Gasteiger partial charge on any atom is 0.424 e. The SMILES string of the molecule is N#Cc1c(C(=O)CBr)ccc([N+](=O)[O-])c1C(F)(F)F. The number of carbonyl (C=O) groups is 1. The van der Waals surface area contributed by atoms with E-state index in [2.05, 4.69) is 15.9 Å². The zero-order valence-corrected chi connectivity index (χ0v) is 10.6. The monoisotopic (exact) mass is 336 g/mol. The number of rotatable bonds is 3. The number of nitriles is 1. The van der Waals surface area contributed by atoms with Crippen molar-refractivity contribution in [3.8, 4) is 6.07 Å². The molecular weight excluding hydrogens is 333 g/mol. The Morgan fingerprint density at radius 2 is 2.05 bits per heavy atom. The third kappa shape index (κ3) is 2.90. The number of hydrogen-bond donors (Lipinski definition) is 0. The summed E-state index contributed by atoms with van der Waals surface area (Å²) in [5.41, 5.74) is -4.49. The number of nitro benzene ring substituents is 1. The Hall–Kier alpha value is -1.95. The number of nitrogens with zero attached hydrogens (tertiary/aromatic N) is 2. The molecule has 0 unspecified atom stereocenters. The average molecular weight is 337 g/mol. The molecule has 0 aliphatic heterocycles. The van der Waals surface area contributed by atoms with Gasteiger partial charge in [0.1, 0.15) is 6.07 Å². The van der Waals surface area contributed by atoms with Gasteiger partial charge in [-0.2, -0.15) is 18.4 Å². The molecule has 100 valence electrons. The van der Waals surface area contributed by atoms with Crippen molar-refractivity contribution in [2.45, 2.75) is 6.18 Å². The Morgan fingerprint density at radius 1 is 1.47 bits per heavy atom. The molecule has 0 saturated carbocycles. The number of Topliss-reactive ketones (excluding diaryl/α,β-unsaturated/α-hetero) is 1. The van der Waals surface area contributed by atoms with E-state index < -0.39 is 39.3 Å². The van der Waals surface area contributed by atoms with Gasteiger partial charge in [0.2, 0.25) is 0 Å². The minimum absolute atomic E-state index is 0.295. The predicted octanol–water partition coefficient (Wildman–Crippen LogP) is 3.06. The molecule has 5 nitrogen and oxygen atoms in total. The Balaban J connectivity index is 3.76. The van der Waals surface area contributed by atoms with Gasteiger partial charge in [-0.15, -0.1) is 0 Å². The molecule has 9 heteroatoms. The van der Waals surface area contributed by atoms with E-state index >= 15 is 0 Å². The van der Waals surface area contributed by atoms with Crippen molar-refractivity contribution in [3.05, 3.63) is 38.9 Å². The summed E-state index contributed by atoms with van der Waals surface area (Å²) < 4.78 is 38.5. The van der Waals surface area contributed by atoms with E-state index in [4.69, 9.17) is 5.26 Å². The number of halogens is 4. The maximum atomic E-state index is 12.8. The summed E-state index contributed by atoms with van der Waals surface area (Å²) in [4.78, 5) is 20.8. The van der Waals surface area contributed by atoms with Gasteiger partial charge < -0.3 is 0 Å². The molecule has 0 fully saturated rings. The van der Waals surface area contributed by atoms with E-state index in [1.807, 2.05) is 0 Å². The van der Waals surface area contributed by atoms with Crippen molar-refractivity contribution in [2.24, 2.45) is 0 Å². The number of nitro groups is 1. The van der Waals surface area contributed by atoms with Crippen LogP contribution in [0, 0.1) is 21.4 Å². The molecule has 1 rings (SSSR count). The fourth-order valence-electron chi connectivity index (χ4n) is 1.45. The lowest BCUT2D eigenvalue weighted by molar-refractivity contribution is -0.388. The summed E-state index contributed by atoms with van der Waals surface area (Å²) in [7, 11) is 0. The average Bonchev–Trinajstić information content (AvgIpc) is 2.34. The van der Waals surface area contributed by atoms with Crippen LogP contribution in [-0.4, -0.2) is 16.0 Å². The molecule has 0 radical (unpaired) electrons. The lowest BCUT2D eigenvalue weighted by Gasteiger charge is -2.11. The molecule has 0 aromatic heterocycles. The van der Waals surface area contributed by atoms with Gasteiger partial charge in [0.05, 0.1) is 15.8 Å². The first-order chi connectivity index (χ1) is 8.73. The zero-order valence-electron chi connectivity index (χ0n) is 8.99. The van der Waals surface area contributed by atoms with E-state index in [1.54, 1.807) is 0 Å². The summed E-state index contributed by atoms with van der Waals surface area (Å²) in [6.07, 6.45) is -5.10. The van der Waals surface area contributed by atoms with Crippen LogP contribution >= 0.6 is 15.9 Å². The third-order valence-electron chi connectivity index (χ3n) is 2.20. The first-order valence-corrected chi connectivity index (χ1v) is 5.74. The number of benzene rings is 1. The van der Waals surface area contributed by atoms with E-state index in [0.29, 0.717) is 6.07 Å². The molecule has 1 aromatic carbocycles. The Morgan fingerprint density at radius 3 is 2.42 bits per heavy atom. The van der Waals surface area contributed by atoms with Crippen LogP contribution in [0.1, 0.15) is 21.5 Å². The van der Waals surface area contributed by atoms with Crippen LogP contribution in [0.25, 0.3) is 0 Å². The fourth-order valence-corrected chi connectivity index (χ4v) is 1.75. The quantitative estimate of drug-likeness (QED) is 0.367. The Bertz CT molecular complexity index is 593. The van der Waals surface area contributed by atoms with E-state index in [0.717, 1.165) is 6.07 Å². The second-order valence-corrected chi connectivity index (χ2v) is 3.87. The minimum atomic E-state index is -5.10. The maximum absolute atomic E-state index is 12.8. The molecule has 0 saturated heterocycles. The van der Waals surface area contributed by atoms with Crippen molar-refractivity contribution in [2.75, 3.05) is 5.33 Å². The Kier molecular flexibility index (Phi) is 4.26. The van der Waals surface area contributed by atoms with Gasteiger partial charge in [0, 0.05) is 11.6 Å². The second kappa shape index (κ2) is 5.36. The first kappa shape index (κ1) is 15.1. The summed E-state index contributed by atoms with van der Waals surface area (Å²) in [5.74, 6) is -0.767. The van der Waals surface area contributed by atoms with Gasteiger partial charge in [0.15, 0.2) is 11.3 Å². The molecule has 19 heavy (non-hydrogen) atoms. The highest BCUT2D eigenvalue weighted by atomic mass is 79.9. The van der Waals surface area contributed by atoms with Crippen LogP contribution in [0.2, 0.25) is 0 Å². The van der Waals surface area contributed by atoms with Crippen molar-refractivity contribution in [3.63, 3.8) is 0 Å². The third-order valence-corrected chi connectivity index (χ3v) is 2.71. The minimum Gasteiger partial charge on any atom is -0.293 e. The van der Waals surface area contributed by atoms with Crippen LogP contribution in [0.3, 0.4) is 0 Å². The van der Waals surface area contributed by atoms with Gasteiger partial charge in [-0.3, -0.25) is 14.9 Å². The first-order valence-electron chi connectivity index (χ1n) is 4.61. The summed E-state index contributed by atoms with van der Waals surface area (Å²) in [6.45, 7) is 0. The molecule has 0 spiro atoms. The lowest BCUT2D eigenvalue weighted by atomic mass is 9.97. The molecule has 1 aromatic rings. The molecule has 0 aliphatic carbocycles. The predicted molar refractivity (Wildman–Crippen MR) is 60.9 cm³/mol. The second-order valence-electron chi connectivity index (χ2n) is 3.31. The van der Waals surface area contributed by atoms with E-state index in [9.17, 15) is 28.1 Å². The number of ketones is 1. The van der Waals surface area contributed by atoms with Crippen LogP contribution < -0.4 is 0 Å². The van der Waals surface area contributed by atoms with Gasteiger partial charge in [0.25, 0.3) is 5.69 Å². The smallest absolute Gasteiger partial charge is 0.293 e. The van der Waals surface area contributed by atoms with Crippen LogP contribution in [-0.2, 0) is 6.18 Å². The largest absolute Gasteiger partial charge is 0.424 e. The van der Waals surface area contributed by atoms with Crippen LogP contribution in [0.15, 0.2) is 12.1 Å². The topological polar surface area (TPSA) is 84.0 Å². The fraction of sp³-hybridized carbons (Fsp3) is 0.200.